The number of nitrogens with one attached hydrogen (secondary N) is 1. The summed E-state index contributed by atoms with van der Waals surface area (Å²) in [6, 6.07) is 0.349. The first-order valence-corrected chi connectivity index (χ1v) is 8.09. The van der Waals surface area contributed by atoms with E-state index in [1.165, 1.54) is 5.57 Å². The van der Waals surface area contributed by atoms with Crippen LogP contribution in [-0.4, -0.2) is 42.3 Å². The van der Waals surface area contributed by atoms with E-state index in [-0.39, 0.29) is 6.09 Å². The predicted molar refractivity (Wildman–Crippen MR) is 87.4 cm³/mol. The molecule has 0 spiro atoms. The molecule has 0 aliphatic carbocycles. The lowest BCUT2D eigenvalue weighted by molar-refractivity contribution is 0.0286. The molecular formula is C17H32N2O2. The molecule has 122 valence electrons. The number of carbonyl (C=O) groups excluding carboxylic acids is 1. The molecule has 0 aromatic heterocycles. The van der Waals surface area contributed by atoms with Gasteiger partial charge in [0, 0.05) is 19.1 Å². The SMILES string of the molecule is CCCNC(C=C(C)C)C1CCN(C(=O)OC(C)(C)C)C1. The van der Waals surface area contributed by atoms with Crippen LogP contribution in [-0.2, 0) is 4.74 Å². The molecule has 1 saturated heterocycles. The van der Waals surface area contributed by atoms with Crippen LogP contribution in [0.2, 0.25) is 0 Å². The van der Waals surface area contributed by atoms with Crippen LogP contribution in [0.3, 0.4) is 0 Å². The van der Waals surface area contributed by atoms with Gasteiger partial charge in [-0.3, -0.25) is 0 Å². The van der Waals surface area contributed by atoms with Gasteiger partial charge in [-0.2, -0.15) is 0 Å². The summed E-state index contributed by atoms with van der Waals surface area (Å²) in [6.45, 7) is 14.7. The molecule has 2 atom stereocenters. The minimum absolute atomic E-state index is 0.184. The lowest BCUT2D eigenvalue weighted by atomic mass is 9.97. The summed E-state index contributed by atoms with van der Waals surface area (Å²) in [5.74, 6) is 0.471. The summed E-state index contributed by atoms with van der Waals surface area (Å²) >= 11 is 0. The Morgan fingerprint density at radius 2 is 2.10 bits per heavy atom. The maximum Gasteiger partial charge on any atom is 0.410 e. The summed E-state index contributed by atoms with van der Waals surface area (Å²) in [6.07, 6.45) is 4.26. The molecule has 4 nitrogen and oxygen atoms in total. The van der Waals surface area contributed by atoms with Crippen molar-refractivity contribution in [3.8, 4) is 0 Å². The largest absolute Gasteiger partial charge is 0.444 e. The van der Waals surface area contributed by atoms with E-state index in [0.29, 0.717) is 12.0 Å². The minimum Gasteiger partial charge on any atom is -0.444 e. The topological polar surface area (TPSA) is 41.6 Å². The number of rotatable bonds is 5. The number of carbonyl (C=O) groups is 1. The van der Waals surface area contributed by atoms with Gasteiger partial charge in [0.15, 0.2) is 0 Å². The molecule has 1 N–H and O–H groups in total. The Bertz CT molecular complexity index is 367. The van der Waals surface area contributed by atoms with Crippen molar-refractivity contribution in [1.29, 1.82) is 0 Å². The number of nitrogens with zero attached hydrogens (tertiary/aromatic N) is 1. The van der Waals surface area contributed by atoms with Crippen molar-refractivity contribution in [3.63, 3.8) is 0 Å². The molecule has 4 heteroatoms. The average Bonchev–Trinajstić information content (AvgIpc) is 2.81. The quantitative estimate of drug-likeness (QED) is 0.788. The minimum atomic E-state index is -0.422. The molecule has 21 heavy (non-hydrogen) atoms. The summed E-state index contributed by atoms with van der Waals surface area (Å²) in [4.78, 5) is 14.0. The zero-order valence-corrected chi connectivity index (χ0v) is 14.5. The summed E-state index contributed by atoms with van der Waals surface area (Å²) in [5, 5.41) is 3.60. The molecule has 1 aliphatic heterocycles. The van der Waals surface area contributed by atoms with E-state index in [0.717, 1.165) is 32.5 Å². The van der Waals surface area contributed by atoms with E-state index >= 15 is 0 Å². The second kappa shape index (κ2) is 7.83. The van der Waals surface area contributed by atoms with Crippen molar-refractivity contribution in [2.75, 3.05) is 19.6 Å². The van der Waals surface area contributed by atoms with Crippen LogP contribution in [0.1, 0.15) is 54.4 Å². The Hall–Kier alpha value is -1.03. The van der Waals surface area contributed by atoms with Crippen LogP contribution in [0.4, 0.5) is 4.79 Å². The number of ether oxygens (including phenoxy) is 1. The van der Waals surface area contributed by atoms with Gasteiger partial charge >= 0.3 is 6.09 Å². The molecule has 1 fully saturated rings. The fraction of sp³-hybridized carbons (Fsp3) is 0.824. The highest BCUT2D eigenvalue weighted by molar-refractivity contribution is 5.68. The van der Waals surface area contributed by atoms with Gasteiger partial charge < -0.3 is 15.0 Å². The van der Waals surface area contributed by atoms with Gasteiger partial charge in [0.05, 0.1) is 0 Å². The first-order chi connectivity index (χ1) is 9.73. The molecular weight excluding hydrogens is 264 g/mol. The first-order valence-electron chi connectivity index (χ1n) is 8.09. The van der Waals surface area contributed by atoms with Crippen molar-refractivity contribution < 1.29 is 9.53 Å². The third-order valence-electron chi connectivity index (χ3n) is 3.53. The Labute approximate surface area is 129 Å². The van der Waals surface area contributed by atoms with E-state index < -0.39 is 5.60 Å². The van der Waals surface area contributed by atoms with Crippen molar-refractivity contribution in [2.45, 2.75) is 66.0 Å². The predicted octanol–water partition coefficient (Wildman–Crippen LogP) is 3.58. The van der Waals surface area contributed by atoms with Gasteiger partial charge in [-0.25, -0.2) is 4.79 Å². The molecule has 1 amide bonds. The second-order valence-electron chi connectivity index (χ2n) is 7.20. The molecule has 0 aromatic rings. The summed E-state index contributed by atoms with van der Waals surface area (Å²) in [5.41, 5.74) is 0.897. The Morgan fingerprint density at radius 3 is 2.62 bits per heavy atom. The van der Waals surface area contributed by atoms with Crippen molar-refractivity contribution in [2.24, 2.45) is 5.92 Å². The molecule has 0 aromatic carbocycles. The van der Waals surface area contributed by atoms with Crippen LogP contribution in [0, 0.1) is 5.92 Å². The van der Waals surface area contributed by atoms with E-state index in [1.54, 1.807) is 0 Å². The van der Waals surface area contributed by atoms with E-state index in [2.05, 4.69) is 32.2 Å². The first kappa shape index (κ1) is 18.0. The zero-order valence-electron chi connectivity index (χ0n) is 14.5. The highest BCUT2D eigenvalue weighted by Gasteiger charge is 2.32. The standard InChI is InChI=1S/C17H32N2O2/c1-7-9-18-15(11-13(2)3)14-8-10-19(12-14)16(20)21-17(4,5)6/h11,14-15,18H,7-10,12H2,1-6H3. The van der Waals surface area contributed by atoms with Gasteiger partial charge in [-0.05, 0) is 59.9 Å². The van der Waals surface area contributed by atoms with Gasteiger partial charge in [0.1, 0.15) is 5.60 Å². The summed E-state index contributed by atoms with van der Waals surface area (Å²) in [7, 11) is 0. The highest BCUT2D eigenvalue weighted by atomic mass is 16.6. The number of likely N-dealkylation sites (tertiary alicyclic amines) is 1. The van der Waals surface area contributed by atoms with Crippen molar-refractivity contribution in [1.82, 2.24) is 10.2 Å². The van der Waals surface area contributed by atoms with Crippen molar-refractivity contribution in [3.05, 3.63) is 11.6 Å². The fourth-order valence-electron chi connectivity index (χ4n) is 2.60. The number of hydrogen-bond acceptors (Lipinski definition) is 3. The van der Waals surface area contributed by atoms with E-state index in [4.69, 9.17) is 4.74 Å². The molecule has 0 radical (unpaired) electrons. The van der Waals surface area contributed by atoms with E-state index in [9.17, 15) is 4.79 Å². The monoisotopic (exact) mass is 296 g/mol. The average molecular weight is 296 g/mol. The second-order valence-corrected chi connectivity index (χ2v) is 7.20. The lowest BCUT2D eigenvalue weighted by Gasteiger charge is -2.26. The molecule has 0 saturated carbocycles. The molecule has 1 heterocycles. The van der Waals surface area contributed by atoms with Gasteiger partial charge in [0.2, 0.25) is 0 Å². The molecule has 2 unspecified atom stereocenters. The molecule has 0 bridgehead atoms. The summed E-state index contributed by atoms with van der Waals surface area (Å²) < 4.78 is 5.46. The van der Waals surface area contributed by atoms with Crippen LogP contribution in [0.25, 0.3) is 0 Å². The number of hydrogen-bond donors (Lipinski definition) is 1. The van der Waals surface area contributed by atoms with Crippen LogP contribution < -0.4 is 5.32 Å². The Kier molecular flexibility index (Phi) is 6.72. The lowest BCUT2D eigenvalue weighted by Crippen LogP contribution is -2.39. The third-order valence-corrected chi connectivity index (χ3v) is 3.53. The van der Waals surface area contributed by atoms with Gasteiger partial charge in [0.25, 0.3) is 0 Å². The number of amides is 1. The van der Waals surface area contributed by atoms with Crippen LogP contribution >= 0.6 is 0 Å². The van der Waals surface area contributed by atoms with Gasteiger partial charge in [-0.1, -0.05) is 18.6 Å². The van der Waals surface area contributed by atoms with Crippen LogP contribution in [0.15, 0.2) is 11.6 Å². The normalized spacial score (nSPS) is 20.3. The van der Waals surface area contributed by atoms with E-state index in [1.807, 2.05) is 25.7 Å². The molecule has 1 aliphatic rings. The smallest absolute Gasteiger partial charge is 0.410 e. The Balaban J connectivity index is 2.61. The maximum atomic E-state index is 12.1. The molecule has 1 rings (SSSR count). The fourth-order valence-corrected chi connectivity index (χ4v) is 2.60. The highest BCUT2D eigenvalue weighted by Crippen LogP contribution is 2.23. The number of allylic oxidation sites excluding steroid dienone is 1. The van der Waals surface area contributed by atoms with Crippen molar-refractivity contribution >= 4 is 6.09 Å². The maximum absolute atomic E-state index is 12.1. The third kappa shape index (κ3) is 6.51. The van der Waals surface area contributed by atoms with Crippen LogP contribution in [0.5, 0.6) is 0 Å². The zero-order chi connectivity index (χ0) is 16.0. The Morgan fingerprint density at radius 1 is 1.43 bits per heavy atom. The van der Waals surface area contributed by atoms with Gasteiger partial charge in [-0.15, -0.1) is 0 Å².